The van der Waals surface area contributed by atoms with Crippen molar-refractivity contribution in [2.24, 2.45) is 5.92 Å². The SMILES string of the molecule is O=C(NCC1CNC1)C(Oc1ccc(F)c(F)c1)c1ccccc1. The summed E-state index contributed by atoms with van der Waals surface area (Å²) >= 11 is 0. The molecule has 2 N–H and O–H groups in total. The van der Waals surface area contributed by atoms with E-state index in [4.69, 9.17) is 4.74 Å². The monoisotopic (exact) mass is 332 g/mol. The lowest BCUT2D eigenvalue weighted by Crippen LogP contribution is -2.49. The van der Waals surface area contributed by atoms with Gasteiger partial charge in [0.15, 0.2) is 11.6 Å². The van der Waals surface area contributed by atoms with Crippen LogP contribution in [0.2, 0.25) is 0 Å². The first-order chi connectivity index (χ1) is 11.6. The highest BCUT2D eigenvalue weighted by Gasteiger charge is 2.25. The van der Waals surface area contributed by atoms with Crippen LogP contribution < -0.4 is 15.4 Å². The van der Waals surface area contributed by atoms with E-state index in [0.717, 1.165) is 25.2 Å². The van der Waals surface area contributed by atoms with Crippen LogP contribution in [0, 0.1) is 17.6 Å². The first-order valence-electron chi connectivity index (χ1n) is 7.78. The normalized spacial score (nSPS) is 15.4. The molecule has 0 bridgehead atoms. The van der Waals surface area contributed by atoms with Crippen LogP contribution in [0.1, 0.15) is 11.7 Å². The predicted molar refractivity (Wildman–Crippen MR) is 85.5 cm³/mol. The van der Waals surface area contributed by atoms with Crippen molar-refractivity contribution in [2.75, 3.05) is 19.6 Å². The molecule has 1 aliphatic heterocycles. The van der Waals surface area contributed by atoms with Gasteiger partial charge in [-0.25, -0.2) is 8.78 Å². The Balaban J connectivity index is 1.76. The molecule has 6 heteroatoms. The second-order valence-corrected chi connectivity index (χ2v) is 5.75. The minimum atomic E-state index is -1.01. The van der Waals surface area contributed by atoms with Crippen LogP contribution in [0.15, 0.2) is 48.5 Å². The van der Waals surface area contributed by atoms with Crippen molar-refractivity contribution in [1.82, 2.24) is 10.6 Å². The van der Waals surface area contributed by atoms with Crippen LogP contribution in [0.25, 0.3) is 0 Å². The maximum atomic E-state index is 13.4. The van der Waals surface area contributed by atoms with E-state index in [1.54, 1.807) is 24.3 Å². The molecule has 0 aromatic heterocycles. The molecule has 1 unspecified atom stereocenters. The van der Waals surface area contributed by atoms with E-state index in [1.807, 2.05) is 6.07 Å². The highest BCUT2D eigenvalue weighted by molar-refractivity contribution is 5.82. The fraction of sp³-hybridized carbons (Fsp3) is 0.278. The van der Waals surface area contributed by atoms with Gasteiger partial charge in [-0.15, -0.1) is 0 Å². The van der Waals surface area contributed by atoms with Crippen LogP contribution in [-0.4, -0.2) is 25.5 Å². The summed E-state index contributed by atoms with van der Waals surface area (Å²) < 4.78 is 32.1. The zero-order chi connectivity index (χ0) is 16.9. The van der Waals surface area contributed by atoms with E-state index in [0.29, 0.717) is 18.0 Å². The third kappa shape index (κ3) is 3.89. The molecule has 0 aliphatic carbocycles. The van der Waals surface area contributed by atoms with Gasteiger partial charge in [0.05, 0.1) is 0 Å². The number of carbonyl (C=O) groups excluding carboxylic acids is 1. The van der Waals surface area contributed by atoms with E-state index >= 15 is 0 Å². The largest absolute Gasteiger partial charge is 0.476 e. The van der Waals surface area contributed by atoms with Gasteiger partial charge in [-0.2, -0.15) is 0 Å². The smallest absolute Gasteiger partial charge is 0.265 e. The van der Waals surface area contributed by atoms with Gasteiger partial charge in [0.1, 0.15) is 5.75 Å². The highest BCUT2D eigenvalue weighted by Crippen LogP contribution is 2.24. The zero-order valence-corrected chi connectivity index (χ0v) is 13.0. The fourth-order valence-corrected chi connectivity index (χ4v) is 2.42. The number of rotatable bonds is 6. The van der Waals surface area contributed by atoms with Gasteiger partial charge in [-0.1, -0.05) is 30.3 Å². The predicted octanol–water partition coefficient (Wildman–Crippen LogP) is 2.42. The van der Waals surface area contributed by atoms with Gasteiger partial charge in [0.2, 0.25) is 6.10 Å². The average Bonchev–Trinajstić information content (AvgIpc) is 2.55. The number of carbonyl (C=O) groups is 1. The van der Waals surface area contributed by atoms with Gasteiger partial charge in [0.25, 0.3) is 5.91 Å². The van der Waals surface area contributed by atoms with Gasteiger partial charge in [-0.05, 0) is 12.1 Å². The summed E-state index contributed by atoms with van der Waals surface area (Å²) in [6.45, 7) is 2.30. The van der Waals surface area contributed by atoms with Gasteiger partial charge < -0.3 is 15.4 Å². The maximum Gasteiger partial charge on any atom is 0.265 e. The summed E-state index contributed by atoms with van der Waals surface area (Å²) in [7, 11) is 0. The van der Waals surface area contributed by atoms with Gasteiger partial charge >= 0.3 is 0 Å². The van der Waals surface area contributed by atoms with Crippen molar-refractivity contribution in [3.05, 3.63) is 65.7 Å². The Bertz CT molecular complexity index is 705. The molecule has 4 nitrogen and oxygen atoms in total. The molecule has 0 saturated carbocycles. The van der Waals surface area contributed by atoms with Crippen LogP contribution in [-0.2, 0) is 4.79 Å². The quantitative estimate of drug-likeness (QED) is 0.854. The summed E-state index contributed by atoms with van der Waals surface area (Å²) in [6.07, 6.45) is -0.927. The Morgan fingerprint density at radius 2 is 1.92 bits per heavy atom. The van der Waals surface area contributed by atoms with Crippen LogP contribution in [0.5, 0.6) is 5.75 Å². The van der Waals surface area contributed by atoms with Crippen LogP contribution in [0.3, 0.4) is 0 Å². The first-order valence-corrected chi connectivity index (χ1v) is 7.78. The second kappa shape index (κ2) is 7.40. The molecular weight excluding hydrogens is 314 g/mol. The van der Waals surface area contributed by atoms with E-state index < -0.39 is 17.7 Å². The lowest BCUT2D eigenvalue weighted by atomic mass is 10.0. The van der Waals surface area contributed by atoms with Crippen LogP contribution in [0.4, 0.5) is 8.78 Å². The van der Waals surface area contributed by atoms with Crippen molar-refractivity contribution in [1.29, 1.82) is 0 Å². The molecule has 1 amide bonds. The molecule has 1 fully saturated rings. The standard InChI is InChI=1S/C18H18F2N2O2/c19-15-7-6-14(8-16(15)20)24-17(13-4-2-1-3-5-13)18(23)22-11-12-9-21-10-12/h1-8,12,17,21H,9-11H2,(H,22,23). The Morgan fingerprint density at radius 1 is 1.17 bits per heavy atom. The Kier molecular flexibility index (Phi) is 5.05. The summed E-state index contributed by atoms with van der Waals surface area (Å²) in [5, 5.41) is 6.00. The molecule has 2 aromatic carbocycles. The summed E-state index contributed by atoms with van der Waals surface area (Å²) in [4.78, 5) is 12.5. The summed E-state index contributed by atoms with van der Waals surface area (Å²) in [6, 6.07) is 12.1. The van der Waals surface area contributed by atoms with Crippen molar-refractivity contribution in [2.45, 2.75) is 6.10 Å². The number of amides is 1. The Labute approximate surface area is 138 Å². The van der Waals surface area contributed by atoms with E-state index in [1.165, 1.54) is 6.07 Å². The minimum absolute atomic E-state index is 0.100. The average molecular weight is 332 g/mol. The lowest BCUT2D eigenvalue weighted by molar-refractivity contribution is -0.128. The fourth-order valence-electron chi connectivity index (χ4n) is 2.42. The summed E-state index contributed by atoms with van der Waals surface area (Å²) in [5.41, 5.74) is 0.645. The third-order valence-electron chi connectivity index (χ3n) is 3.92. The van der Waals surface area contributed by atoms with Gasteiger partial charge in [0, 0.05) is 37.2 Å². The van der Waals surface area contributed by atoms with Gasteiger partial charge in [-0.3, -0.25) is 4.79 Å². The van der Waals surface area contributed by atoms with Crippen molar-refractivity contribution in [3.8, 4) is 5.75 Å². The van der Waals surface area contributed by atoms with Crippen molar-refractivity contribution < 1.29 is 18.3 Å². The molecule has 1 atom stereocenters. The first kappa shape index (κ1) is 16.4. The molecule has 2 aromatic rings. The number of hydrogen-bond donors (Lipinski definition) is 2. The van der Waals surface area contributed by atoms with E-state index in [-0.39, 0.29) is 11.7 Å². The van der Waals surface area contributed by atoms with E-state index in [9.17, 15) is 13.6 Å². The highest BCUT2D eigenvalue weighted by atomic mass is 19.2. The molecule has 1 saturated heterocycles. The van der Waals surface area contributed by atoms with Crippen molar-refractivity contribution in [3.63, 3.8) is 0 Å². The molecule has 1 aliphatic rings. The maximum absolute atomic E-state index is 13.4. The zero-order valence-electron chi connectivity index (χ0n) is 13.0. The number of hydrogen-bond acceptors (Lipinski definition) is 3. The molecule has 0 spiro atoms. The van der Waals surface area contributed by atoms with Crippen molar-refractivity contribution >= 4 is 5.91 Å². The topological polar surface area (TPSA) is 50.4 Å². The molecular formula is C18H18F2N2O2. The Hall–Kier alpha value is -2.47. The van der Waals surface area contributed by atoms with Crippen LogP contribution >= 0.6 is 0 Å². The number of halogens is 2. The molecule has 24 heavy (non-hydrogen) atoms. The second-order valence-electron chi connectivity index (χ2n) is 5.75. The number of ether oxygens (including phenoxy) is 1. The summed E-state index contributed by atoms with van der Waals surface area (Å²) in [5.74, 6) is -1.77. The minimum Gasteiger partial charge on any atom is -0.476 e. The Morgan fingerprint density at radius 3 is 2.54 bits per heavy atom. The molecule has 1 heterocycles. The molecule has 3 rings (SSSR count). The van der Waals surface area contributed by atoms with E-state index in [2.05, 4.69) is 10.6 Å². The number of benzene rings is 2. The number of nitrogens with one attached hydrogen (secondary N) is 2. The third-order valence-corrected chi connectivity index (χ3v) is 3.92. The molecule has 126 valence electrons. The molecule has 0 radical (unpaired) electrons. The lowest BCUT2D eigenvalue weighted by Gasteiger charge is -2.28.